The number of nitrogens with zero attached hydrogens (tertiary/aromatic N) is 1. The van der Waals surface area contributed by atoms with E-state index in [1.807, 2.05) is 12.4 Å². The second-order valence-corrected chi connectivity index (χ2v) is 4.20. The smallest absolute Gasteiger partial charge is 0.0368 e. The fourth-order valence-electron chi connectivity index (χ4n) is 2.30. The van der Waals surface area contributed by atoms with Gasteiger partial charge < -0.3 is 5.32 Å². The molecular formula is C14H14N2. The lowest BCUT2D eigenvalue weighted by molar-refractivity contribution is 0.581. The third-order valence-corrected chi connectivity index (χ3v) is 3.14. The van der Waals surface area contributed by atoms with E-state index < -0.39 is 0 Å². The van der Waals surface area contributed by atoms with Crippen LogP contribution in [-0.2, 0) is 13.0 Å². The van der Waals surface area contributed by atoms with Crippen LogP contribution in [0.1, 0.15) is 22.7 Å². The molecule has 0 radical (unpaired) electrons. The zero-order valence-corrected chi connectivity index (χ0v) is 9.06. The minimum Gasteiger partial charge on any atom is -0.305 e. The van der Waals surface area contributed by atoms with Gasteiger partial charge in [0.05, 0.1) is 0 Å². The molecule has 2 heteroatoms. The molecule has 0 saturated carbocycles. The highest BCUT2D eigenvalue weighted by Crippen LogP contribution is 2.26. The van der Waals surface area contributed by atoms with E-state index in [-0.39, 0.29) is 0 Å². The average molecular weight is 210 g/mol. The third-order valence-electron chi connectivity index (χ3n) is 3.14. The van der Waals surface area contributed by atoms with E-state index in [2.05, 4.69) is 46.7 Å². The molecule has 0 bridgehead atoms. The maximum atomic E-state index is 4.16. The van der Waals surface area contributed by atoms with Crippen LogP contribution in [0.4, 0.5) is 0 Å². The lowest BCUT2D eigenvalue weighted by atomic mass is 10.0. The largest absolute Gasteiger partial charge is 0.305 e. The Morgan fingerprint density at radius 1 is 1.19 bits per heavy atom. The molecule has 1 unspecified atom stereocenters. The Bertz CT molecular complexity index is 479. The van der Waals surface area contributed by atoms with Crippen molar-refractivity contribution in [2.75, 3.05) is 0 Å². The second-order valence-electron chi connectivity index (χ2n) is 4.20. The van der Waals surface area contributed by atoms with Crippen LogP contribution in [0.25, 0.3) is 0 Å². The molecule has 80 valence electrons. The number of nitrogens with one attached hydrogen (secondary N) is 1. The molecule has 2 aromatic rings. The second kappa shape index (κ2) is 4.06. The molecule has 1 atom stereocenters. The fraction of sp³-hybridized carbons (Fsp3) is 0.214. The van der Waals surface area contributed by atoms with E-state index in [9.17, 15) is 0 Å². The Labute approximate surface area is 95.3 Å². The van der Waals surface area contributed by atoms with E-state index in [0.29, 0.717) is 6.04 Å². The van der Waals surface area contributed by atoms with Gasteiger partial charge in [0, 0.05) is 25.0 Å². The molecular weight excluding hydrogens is 196 g/mol. The van der Waals surface area contributed by atoms with E-state index in [4.69, 9.17) is 0 Å². The van der Waals surface area contributed by atoms with Crippen LogP contribution in [0.5, 0.6) is 0 Å². The Morgan fingerprint density at radius 2 is 2.06 bits per heavy atom. The summed E-state index contributed by atoms with van der Waals surface area (Å²) < 4.78 is 0. The molecule has 0 amide bonds. The summed E-state index contributed by atoms with van der Waals surface area (Å²) in [5.74, 6) is 0. The Morgan fingerprint density at radius 3 is 2.94 bits per heavy atom. The van der Waals surface area contributed by atoms with Crippen LogP contribution in [-0.4, -0.2) is 4.98 Å². The van der Waals surface area contributed by atoms with Gasteiger partial charge in [-0.15, -0.1) is 0 Å². The van der Waals surface area contributed by atoms with Crippen molar-refractivity contribution in [2.45, 2.75) is 19.0 Å². The predicted octanol–water partition coefficient (Wildman–Crippen LogP) is 2.47. The molecule has 16 heavy (non-hydrogen) atoms. The molecule has 1 aliphatic rings. The Kier molecular flexibility index (Phi) is 2.43. The van der Waals surface area contributed by atoms with Gasteiger partial charge in [-0.1, -0.05) is 30.3 Å². The molecule has 0 fully saturated rings. The highest BCUT2D eigenvalue weighted by Gasteiger charge is 2.21. The van der Waals surface area contributed by atoms with Crippen molar-refractivity contribution in [1.29, 1.82) is 0 Å². The molecule has 1 aromatic carbocycles. The van der Waals surface area contributed by atoms with Crippen molar-refractivity contribution in [3.63, 3.8) is 0 Å². The number of pyridine rings is 1. The molecule has 1 N–H and O–H groups in total. The van der Waals surface area contributed by atoms with Crippen molar-refractivity contribution in [2.24, 2.45) is 0 Å². The van der Waals surface area contributed by atoms with Gasteiger partial charge in [-0.25, -0.2) is 0 Å². The van der Waals surface area contributed by atoms with Gasteiger partial charge in [0.15, 0.2) is 0 Å². The van der Waals surface area contributed by atoms with Gasteiger partial charge in [-0.3, -0.25) is 4.98 Å². The molecule has 2 heterocycles. The monoisotopic (exact) mass is 210 g/mol. The van der Waals surface area contributed by atoms with Crippen LogP contribution in [0.3, 0.4) is 0 Å². The summed E-state index contributed by atoms with van der Waals surface area (Å²) in [6, 6.07) is 13.2. The van der Waals surface area contributed by atoms with Gasteiger partial charge in [0.25, 0.3) is 0 Å². The van der Waals surface area contributed by atoms with Crippen LogP contribution < -0.4 is 5.32 Å². The van der Waals surface area contributed by atoms with Crippen molar-refractivity contribution in [3.8, 4) is 0 Å². The highest BCUT2D eigenvalue weighted by atomic mass is 14.9. The lowest BCUT2D eigenvalue weighted by Crippen LogP contribution is -2.14. The molecule has 2 nitrogen and oxygen atoms in total. The maximum Gasteiger partial charge on any atom is 0.0368 e. The zero-order chi connectivity index (χ0) is 10.8. The number of hydrogen-bond donors (Lipinski definition) is 1. The molecule has 1 aliphatic heterocycles. The fourth-order valence-corrected chi connectivity index (χ4v) is 2.30. The van der Waals surface area contributed by atoms with Crippen molar-refractivity contribution in [1.82, 2.24) is 10.3 Å². The van der Waals surface area contributed by atoms with E-state index in [1.165, 1.54) is 16.7 Å². The summed E-state index contributed by atoms with van der Waals surface area (Å²) in [5, 5.41) is 3.53. The molecule has 3 rings (SSSR count). The summed E-state index contributed by atoms with van der Waals surface area (Å²) in [5.41, 5.74) is 4.12. The first-order valence-electron chi connectivity index (χ1n) is 5.63. The first-order chi connectivity index (χ1) is 7.93. The van der Waals surface area contributed by atoms with Gasteiger partial charge >= 0.3 is 0 Å². The van der Waals surface area contributed by atoms with Crippen LogP contribution >= 0.6 is 0 Å². The van der Waals surface area contributed by atoms with E-state index in [1.54, 1.807) is 0 Å². The summed E-state index contributed by atoms with van der Waals surface area (Å²) in [6.45, 7) is 0.945. The number of fused-ring (bicyclic) bond motifs is 1. The van der Waals surface area contributed by atoms with Gasteiger partial charge in [0.1, 0.15) is 0 Å². The highest BCUT2D eigenvalue weighted by molar-refractivity contribution is 5.32. The normalized spacial score (nSPS) is 18.4. The number of aromatic nitrogens is 1. The molecule has 0 saturated heterocycles. The van der Waals surface area contributed by atoms with Crippen LogP contribution in [0.15, 0.2) is 48.8 Å². The van der Waals surface area contributed by atoms with E-state index >= 15 is 0 Å². The van der Waals surface area contributed by atoms with E-state index in [0.717, 1.165) is 13.0 Å². The Balaban J connectivity index is 1.84. The average Bonchev–Trinajstić information content (AvgIpc) is 2.74. The van der Waals surface area contributed by atoms with Crippen molar-refractivity contribution in [3.05, 3.63) is 65.5 Å². The molecule has 1 aromatic heterocycles. The Hall–Kier alpha value is -1.67. The first kappa shape index (κ1) is 9.55. The van der Waals surface area contributed by atoms with Crippen molar-refractivity contribution < 1.29 is 0 Å². The minimum absolute atomic E-state index is 0.445. The number of benzene rings is 1. The van der Waals surface area contributed by atoms with Gasteiger partial charge in [-0.2, -0.15) is 0 Å². The summed E-state index contributed by atoms with van der Waals surface area (Å²) in [4.78, 5) is 4.16. The lowest BCUT2D eigenvalue weighted by Gasteiger charge is -2.11. The maximum absolute atomic E-state index is 4.16. The number of rotatable bonds is 2. The SMILES string of the molecule is c1ccc(CC2NCc3cnccc32)cc1. The van der Waals surface area contributed by atoms with Crippen molar-refractivity contribution >= 4 is 0 Å². The molecule has 0 spiro atoms. The summed E-state index contributed by atoms with van der Waals surface area (Å²) >= 11 is 0. The summed E-state index contributed by atoms with van der Waals surface area (Å²) in [7, 11) is 0. The summed E-state index contributed by atoms with van der Waals surface area (Å²) in [6.07, 6.45) is 4.90. The topological polar surface area (TPSA) is 24.9 Å². The predicted molar refractivity (Wildman–Crippen MR) is 64.0 cm³/mol. The molecule has 0 aliphatic carbocycles. The van der Waals surface area contributed by atoms with Gasteiger partial charge in [-0.05, 0) is 29.2 Å². The minimum atomic E-state index is 0.445. The van der Waals surface area contributed by atoms with Gasteiger partial charge in [0.2, 0.25) is 0 Å². The zero-order valence-electron chi connectivity index (χ0n) is 9.06. The quantitative estimate of drug-likeness (QED) is 0.823. The first-order valence-corrected chi connectivity index (χ1v) is 5.63. The third kappa shape index (κ3) is 1.72. The number of hydrogen-bond acceptors (Lipinski definition) is 2. The standard InChI is InChI=1S/C14H14N2/c1-2-4-11(5-3-1)8-14-13-6-7-15-9-12(13)10-16-14/h1-7,9,14,16H,8,10H2. The van der Waals surface area contributed by atoms with Crippen LogP contribution in [0.2, 0.25) is 0 Å². The van der Waals surface area contributed by atoms with Crippen LogP contribution in [0, 0.1) is 0 Å².